The highest BCUT2D eigenvalue weighted by molar-refractivity contribution is 6.06. The van der Waals surface area contributed by atoms with Crippen LogP contribution in [0.15, 0.2) is 18.2 Å². The second kappa shape index (κ2) is 3.15. The lowest BCUT2D eigenvalue weighted by Crippen LogP contribution is -2.47. The summed E-state index contributed by atoms with van der Waals surface area (Å²) in [6.07, 6.45) is 0. The molecule has 0 bridgehead atoms. The fraction of sp³-hybridized carbons (Fsp3) is 0.364. The summed E-state index contributed by atoms with van der Waals surface area (Å²) in [5.41, 5.74) is 0.991. The molecule has 0 aromatic heterocycles. The standard InChI is InChI=1S/C11H14N2O2/c1-11(2)10(14)12-7-5-4-6-8(15-3)9(7)13-11/h4-6,13H,1-3H3,(H,12,14). The smallest absolute Gasteiger partial charge is 0.249 e. The van der Waals surface area contributed by atoms with Crippen LogP contribution in [0.1, 0.15) is 13.8 Å². The topological polar surface area (TPSA) is 50.4 Å². The van der Waals surface area contributed by atoms with Crippen LogP contribution >= 0.6 is 0 Å². The fourth-order valence-electron chi connectivity index (χ4n) is 1.58. The van der Waals surface area contributed by atoms with Crippen LogP contribution in [0, 0.1) is 0 Å². The summed E-state index contributed by atoms with van der Waals surface area (Å²) in [6, 6.07) is 5.55. The zero-order valence-corrected chi connectivity index (χ0v) is 9.05. The van der Waals surface area contributed by atoms with Gasteiger partial charge < -0.3 is 15.4 Å². The second-order valence-electron chi connectivity index (χ2n) is 4.09. The molecule has 1 aliphatic rings. The molecule has 0 saturated heterocycles. The van der Waals surface area contributed by atoms with E-state index in [1.807, 2.05) is 32.0 Å². The zero-order chi connectivity index (χ0) is 11.1. The highest BCUT2D eigenvalue weighted by atomic mass is 16.5. The summed E-state index contributed by atoms with van der Waals surface area (Å²) in [4.78, 5) is 11.7. The Morgan fingerprint density at radius 2 is 2.07 bits per heavy atom. The molecule has 1 amide bonds. The van der Waals surface area contributed by atoms with E-state index < -0.39 is 5.54 Å². The van der Waals surface area contributed by atoms with Gasteiger partial charge >= 0.3 is 0 Å². The number of rotatable bonds is 1. The van der Waals surface area contributed by atoms with Crippen molar-refractivity contribution in [3.63, 3.8) is 0 Å². The van der Waals surface area contributed by atoms with Crippen molar-refractivity contribution in [3.05, 3.63) is 18.2 Å². The van der Waals surface area contributed by atoms with Gasteiger partial charge in [0.25, 0.3) is 0 Å². The van der Waals surface area contributed by atoms with Gasteiger partial charge in [-0.2, -0.15) is 0 Å². The van der Waals surface area contributed by atoms with Gasteiger partial charge in [-0.15, -0.1) is 0 Å². The summed E-state index contributed by atoms with van der Waals surface area (Å²) in [5.74, 6) is 0.698. The molecule has 0 radical (unpaired) electrons. The molecule has 1 aromatic carbocycles. The van der Waals surface area contributed by atoms with Crippen LogP contribution in [0.25, 0.3) is 0 Å². The first kappa shape index (κ1) is 9.83. The molecule has 0 aliphatic carbocycles. The molecular formula is C11H14N2O2. The summed E-state index contributed by atoms with van der Waals surface area (Å²) in [6.45, 7) is 3.66. The number of carbonyl (C=O) groups is 1. The number of anilines is 2. The van der Waals surface area contributed by atoms with Crippen LogP contribution in [0.4, 0.5) is 11.4 Å². The first-order valence-electron chi connectivity index (χ1n) is 4.81. The lowest BCUT2D eigenvalue weighted by molar-refractivity contribution is -0.119. The molecule has 0 spiro atoms. The van der Waals surface area contributed by atoms with Crippen LogP contribution in [-0.4, -0.2) is 18.6 Å². The van der Waals surface area contributed by atoms with Gasteiger partial charge in [-0.1, -0.05) is 6.07 Å². The van der Waals surface area contributed by atoms with E-state index in [0.717, 1.165) is 17.1 Å². The third kappa shape index (κ3) is 1.52. The maximum absolute atomic E-state index is 11.7. The fourth-order valence-corrected chi connectivity index (χ4v) is 1.58. The number of hydrogen-bond acceptors (Lipinski definition) is 3. The van der Waals surface area contributed by atoms with Crippen LogP contribution in [0.2, 0.25) is 0 Å². The van der Waals surface area contributed by atoms with Crippen LogP contribution in [0.5, 0.6) is 5.75 Å². The third-order valence-electron chi connectivity index (χ3n) is 2.50. The van der Waals surface area contributed by atoms with E-state index in [1.165, 1.54) is 0 Å². The van der Waals surface area contributed by atoms with Gasteiger partial charge in [0.1, 0.15) is 17.0 Å². The molecule has 0 fully saturated rings. The number of hydrogen-bond donors (Lipinski definition) is 2. The molecule has 2 N–H and O–H groups in total. The number of ether oxygens (including phenoxy) is 1. The normalized spacial score (nSPS) is 17.4. The van der Waals surface area contributed by atoms with E-state index in [4.69, 9.17) is 4.74 Å². The minimum absolute atomic E-state index is 0.0387. The molecule has 0 unspecified atom stereocenters. The van der Waals surface area contributed by atoms with Crippen molar-refractivity contribution in [1.29, 1.82) is 0 Å². The van der Waals surface area contributed by atoms with Gasteiger partial charge in [-0.25, -0.2) is 0 Å². The highest BCUT2D eigenvalue weighted by Gasteiger charge is 2.34. The van der Waals surface area contributed by atoms with Crippen LogP contribution in [0.3, 0.4) is 0 Å². The Hall–Kier alpha value is -1.71. The van der Waals surface area contributed by atoms with Gasteiger partial charge in [0.05, 0.1) is 12.8 Å². The number of methoxy groups -OCH3 is 1. The monoisotopic (exact) mass is 206 g/mol. The van der Waals surface area contributed by atoms with E-state index in [0.29, 0.717) is 0 Å². The van der Waals surface area contributed by atoms with E-state index in [2.05, 4.69) is 10.6 Å². The van der Waals surface area contributed by atoms with Crippen molar-refractivity contribution in [2.45, 2.75) is 19.4 Å². The Bertz CT molecular complexity index is 413. The number of amides is 1. The molecule has 80 valence electrons. The maximum atomic E-state index is 11.7. The minimum Gasteiger partial charge on any atom is -0.495 e. The molecule has 4 heteroatoms. The summed E-state index contributed by atoms with van der Waals surface area (Å²) >= 11 is 0. The predicted octanol–water partition coefficient (Wildman–Crippen LogP) is 1.84. The number of nitrogens with one attached hydrogen (secondary N) is 2. The van der Waals surface area contributed by atoms with Gasteiger partial charge in [0.2, 0.25) is 5.91 Å². The van der Waals surface area contributed by atoms with E-state index in [9.17, 15) is 4.79 Å². The third-order valence-corrected chi connectivity index (χ3v) is 2.50. The minimum atomic E-state index is -0.609. The molecule has 0 atom stereocenters. The molecule has 1 aliphatic heterocycles. The Morgan fingerprint density at radius 1 is 1.33 bits per heavy atom. The summed E-state index contributed by atoms with van der Waals surface area (Å²) < 4.78 is 5.23. The number of carbonyl (C=O) groups excluding carboxylic acids is 1. The average Bonchev–Trinajstić information content (AvgIpc) is 2.18. The van der Waals surface area contributed by atoms with Crippen molar-refractivity contribution in [3.8, 4) is 5.75 Å². The van der Waals surface area contributed by atoms with Crippen molar-refractivity contribution < 1.29 is 9.53 Å². The van der Waals surface area contributed by atoms with Crippen molar-refractivity contribution in [1.82, 2.24) is 0 Å². The molecular weight excluding hydrogens is 192 g/mol. The van der Waals surface area contributed by atoms with Crippen molar-refractivity contribution in [2.75, 3.05) is 17.7 Å². The predicted molar refractivity (Wildman–Crippen MR) is 59.3 cm³/mol. The quantitative estimate of drug-likeness (QED) is 0.737. The average molecular weight is 206 g/mol. The molecule has 0 saturated carbocycles. The number of para-hydroxylation sites is 1. The Balaban J connectivity index is 2.50. The molecule has 1 heterocycles. The zero-order valence-electron chi connectivity index (χ0n) is 9.05. The summed E-state index contributed by atoms with van der Waals surface area (Å²) in [5, 5.41) is 6.01. The van der Waals surface area contributed by atoms with Gasteiger partial charge in [0, 0.05) is 0 Å². The Labute approximate surface area is 88.6 Å². The van der Waals surface area contributed by atoms with Gasteiger partial charge in [-0.3, -0.25) is 4.79 Å². The van der Waals surface area contributed by atoms with E-state index in [-0.39, 0.29) is 5.91 Å². The van der Waals surface area contributed by atoms with Gasteiger partial charge in [-0.05, 0) is 26.0 Å². The van der Waals surface area contributed by atoms with E-state index >= 15 is 0 Å². The SMILES string of the molecule is COc1cccc2c1NC(C)(C)C(=O)N2. The molecule has 4 nitrogen and oxygen atoms in total. The Morgan fingerprint density at radius 3 is 2.73 bits per heavy atom. The van der Waals surface area contributed by atoms with E-state index in [1.54, 1.807) is 7.11 Å². The van der Waals surface area contributed by atoms with Crippen LogP contribution in [-0.2, 0) is 4.79 Å². The first-order chi connectivity index (χ1) is 7.04. The number of fused-ring (bicyclic) bond motifs is 1. The molecule has 2 rings (SSSR count). The largest absolute Gasteiger partial charge is 0.495 e. The number of benzene rings is 1. The maximum Gasteiger partial charge on any atom is 0.249 e. The molecule has 1 aromatic rings. The van der Waals surface area contributed by atoms with Crippen molar-refractivity contribution >= 4 is 17.3 Å². The summed E-state index contributed by atoms with van der Waals surface area (Å²) in [7, 11) is 1.61. The second-order valence-corrected chi connectivity index (χ2v) is 4.09. The Kier molecular flexibility index (Phi) is 2.07. The van der Waals surface area contributed by atoms with Crippen molar-refractivity contribution in [2.24, 2.45) is 0 Å². The van der Waals surface area contributed by atoms with Gasteiger partial charge in [0.15, 0.2) is 0 Å². The lowest BCUT2D eigenvalue weighted by atomic mass is 10.00. The highest BCUT2D eigenvalue weighted by Crippen LogP contribution is 2.37. The van der Waals surface area contributed by atoms with Crippen LogP contribution < -0.4 is 15.4 Å². The lowest BCUT2D eigenvalue weighted by Gasteiger charge is -2.33. The first-order valence-corrected chi connectivity index (χ1v) is 4.81. The molecule has 15 heavy (non-hydrogen) atoms.